The van der Waals surface area contributed by atoms with Crippen LogP contribution in [-0.2, 0) is 21.2 Å². The van der Waals surface area contributed by atoms with Crippen molar-refractivity contribution >= 4 is 21.6 Å². The number of anilines is 1. The number of sulfonamides is 1. The fourth-order valence-electron chi connectivity index (χ4n) is 2.92. The van der Waals surface area contributed by atoms with Gasteiger partial charge in [0.05, 0.1) is 25.1 Å². The molecule has 7 heteroatoms. The Morgan fingerprint density at radius 2 is 1.82 bits per heavy atom. The number of amides is 1. The summed E-state index contributed by atoms with van der Waals surface area (Å²) >= 11 is 0. The van der Waals surface area contributed by atoms with Crippen molar-refractivity contribution in [1.82, 2.24) is 5.32 Å². The van der Waals surface area contributed by atoms with Crippen molar-refractivity contribution in [2.45, 2.75) is 33.2 Å². The zero-order valence-electron chi connectivity index (χ0n) is 17.0. The van der Waals surface area contributed by atoms with Gasteiger partial charge in [0.2, 0.25) is 15.9 Å². The lowest BCUT2D eigenvalue weighted by Crippen LogP contribution is -2.41. The van der Waals surface area contributed by atoms with Crippen LogP contribution in [0.1, 0.15) is 36.6 Å². The molecule has 0 heterocycles. The molecule has 152 valence electrons. The van der Waals surface area contributed by atoms with Crippen LogP contribution in [0.3, 0.4) is 0 Å². The number of carbonyl (C=O) groups is 1. The van der Waals surface area contributed by atoms with Crippen LogP contribution in [-0.4, -0.2) is 34.2 Å². The first-order valence-corrected chi connectivity index (χ1v) is 11.0. The summed E-state index contributed by atoms with van der Waals surface area (Å²) in [6.45, 7) is 5.48. The number of nitrogens with one attached hydrogen (secondary N) is 1. The Bertz CT molecular complexity index is 924. The van der Waals surface area contributed by atoms with Crippen LogP contribution in [0.5, 0.6) is 5.75 Å². The summed E-state index contributed by atoms with van der Waals surface area (Å²) in [5, 5.41) is 2.87. The molecule has 0 saturated heterocycles. The predicted molar refractivity (Wildman–Crippen MR) is 112 cm³/mol. The molecular weight excluding hydrogens is 376 g/mol. The van der Waals surface area contributed by atoms with E-state index in [9.17, 15) is 13.2 Å². The van der Waals surface area contributed by atoms with Crippen LogP contribution < -0.4 is 14.4 Å². The van der Waals surface area contributed by atoms with E-state index in [4.69, 9.17) is 4.74 Å². The molecule has 1 unspecified atom stereocenters. The molecule has 0 aliphatic heterocycles. The minimum absolute atomic E-state index is 0.237. The molecule has 0 aliphatic rings. The minimum atomic E-state index is -3.68. The number of nitrogens with zero attached hydrogens (tertiary/aromatic N) is 1. The maximum Gasteiger partial charge on any atom is 0.241 e. The molecule has 0 bridgehead atoms. The highest BCUT2D eigenvalue weighted by Crippen LogP contribution is 2.30. The van der Waals surface area contributed by atoms with Gasteiger partial charge in [0.1, 0.15) is 12.3 Å². The molecule has 28 heavy (non-hydrogen) atoms. The number of aryl methyl sites for hydroxylation is 2. The lowest BCUT2D eigenvalue weighted by molar-refractivity contribution is -0.120. The first-order chi connectivity index (χ1) is 13.2. The number of carbonyl (C=O) groups excluding carboxylic acids is 1. The third kappa shape index (κ3) is 5.48. The van der Waals surface area contributed by atoms with Gasteiger partial charge in [-0.2, -0.15) is 0 Å². The maximum atomic E-state index is 12.6. The smallest absolute Gasteiger partial charge is 0.241 e. The van der Waals surface area contributed by atoms with Gasteiger partial charge in [0.15, 0.2) is 0 Å². The molecular formula is C21H28N2O4S. The second-order valence-corrected chi connectivity index (χ2v) is 8.74. The van der Waals surface area contributed by atoms with Crippen molar-refractivity contribution in [3.8, 4) is 5.75 Å². The van der Waals surface area contributed by atoms with Gasteiger partial charge in [-0.1, -0.05) is 37.3 Å². The third-order valence-electron chi connectivity index (χ3n) is 4.56. The van der Waals surface area contributed by atoms with Crippen molar-refractivity contribution in [2.75, 3.05) is 24.2 Å². The number of methoxy groups -OCH3 is 1. The highest BCUT2D eigenvalue weighted by atomic mass is 32.2. The lowest BCUT2D eigenvalue weighted by Gasteiger charge is -2.25. The molecule has 1 atom stereocenters. The highest BCUT2D eigenvalue weighted by molar-refractivity contribution is 7.92. The van der Waals surface area contributed by atoms with Gasteiger partial charge in [-0.3, -0.25) is 9.10 Å². The molecule has 1 amide bonds. The SMILES string of the molecule is CCc1ccc(C(C)NC(=O)CN(c2cc(C)ccc2OC)S(C)(=O)=O)cc1. The molecule has 1 N–H and O–H groups in total. The average molecular weight is 405 g/mol. The number of hydrogen-bond donors (Lipinski definition) is 1. The predicted octanol–water partition coefficient (Wildman–Crippen LogP) is 3.21. The van der Waals surface area contributed by atoms with Gasteiger partial charge in [-0.25, -0.2) is 8.42 Å². The Labute approximate surface area is 167 Å². The second-order valence-electron chi connectivity index (χ2n) is 6.83. The van der Waals surface area contributed by atoms with Crippen molar-refractivity contribution < 1.29 is 17.9 Å². The molecule has 2 rings (SSSR count). The van der Waals surface area contributed by atoms with Crippen LogP contribution in [0.25, 0.3) is 0 Å². The van der Waals surface area contributed by atoms with E-state index in [1.165, 1.54) is 12.7 Å². The fourth-order valence-corrected chi connectivity index (χ4v) is 3.77. The molecule has 0 aromatic heterocycles. The van der Waals surface area contributed by atoms with Crippen LogP contribution in [0.2, 0.25) is 0 Å². The number of rotatable bonds is 8. The Kier molecular flexibility index (Phi) is 7.07. The van der Waals surface area contributed by atoms with Crippen molar-refractivity contribution in [3.63, 3.8) is 0 Å². The standard InChI is InChI=1S/C21H28N2O4S/c1-6-17-8-10-18(11-9-17)16(3)22-21(24)14-23(28(5,25)26)19-13-15(2)7-12-20(19)27-4/h7-13,16H,6,14H2,1-5H3,(H,22,24). The average Bonchev–Trinajstić information content (AvgIpc) is 2.65. The van der Waals surface area contributed by atoms with Crippen molar-refractivity contribution in [3.05, 3.63) is 59.2 Å². The summed E-state index contributed by atoms with van der Waals surface area (Å²) in [7, 11) is -2.21. The summed E-state index contributed by atoms with van der Waals surface area (Å²) in [4.78, 5) is 12.6. The maximum absolute atomic E-state index is 12.6. The topological polar surface area (TPSA) is 75.7 Å². The molecule has 0 saturated carbocycles. The van der Waals surface area contributed by atoms with E-state index >= 15 is 0 Å². The van der Waals surface area contributed by atoms with E-state index in [0.717, 1.165) is 28.1 Å². The van der Waals surface area contributed by atoms with Gasteiger partial charge in [0, 0.05) is 0 Å². The number of benzene rings is 2. The molecule has 0 spiro atoms. The second kappa shape index (κ2) is 9.10. The van der Waals surface area contributed by atoms with Crippen LogP contribution in [0.15, 0.2) is 42.5 Å². The quantitative estimate of drug-likeness (QED) is 0.733. The van der Waals surface area contributed by atoms with E-state index < -0.39 is 10.0 Å². The molecule has 0 radical (unpaired) electrons. The highest BCUT2D eigenvalue weighted by Gasteiger charge is 2.24. The first kappa shape index (κ1) is 21.8. The van der Waals surface area contributed by atoms with E-state index in [1.54, 1.807) is 12.1 Å². The molecule has 0 aliphatic carbocycles. The monoisotopic (exact) mass is 404 g/mol. The molecule has 2 aromatic carbocycles. The normalized spacial score (nSPS) is 12.3. The third-order valence-corrected chi connectivity index (χ3v) is 5.68. The van der Waals surface area contributed by atoms with Gasteiger partial charge >= 0.3 is 0 Å². The van der Waals surface area contributed by atoms with Gasteiger partial charge in [-0.05, 0) is 49.1 Å². The summed E-state index contributed by atoms with van der Waals surface area (Å²) in [6, 6.07) is 13.0. The Balaban J connectivity index is 2.21. The fraction of sp³-hybridized carbons (Fsp3) is 0.381. The van der Waals surface area contributed by atoms with Gasteiger partial charge in [0.25, 0.3) is 0 Å². The Hall–Kier alpha value is -2.54. The summed E-state index contributed by atoms with van der Waals surface area (Å²) in [5.41, 5.74) is 3.40. The van der Waals surface area contributed by atoms with Gasteiger partial charge in [-0.15, -0.1) is 0 Å². The largest absolute Gasteiger partial charge is 0.495 e. The lowest BCUT2D eigenvalue weighted by atomic mass is 10.1. The number of ether oxygens (including phenoxy) is 1. The zero-order chi connectivity index (χ0) is 20.9. The van der Waals surface area contributed by atoms with Gasteiger partial charge < -0.3 is 10.1 Å². The minimum Gasteiger partial charge on any atom is -0.495 e. The van der Waals surface area contributed by atoms with Crippen molar-refractivity contribution in [1.29, 1.82) is 0 Å². The van der Waals surface area contributed by atoms with Crippen molar-refractivity contribution in [2.24, 2.45) is 0 Å². The Morgan fingerprint density at radius 1 is 1.18 bits per heavy atom. The molecule has 0 fully saturated rings. The van der Waals surface area contributed by atoms with E-state index in [0.29, 0.717) is 11.4 Å². The van der Waals surface area contributed by atoms with Crippen LogP contribution in [0, 0.1) is 6.92 Å². The molecule has 6 nitrogen and oxygen atoms in total. The first-order valence-electron chi connectivity index (χ1n) is 9.16. The van der Waals surface area contributed by atoms with E-state index in [2.05, 4.69) is 12.2 Å². The molecule has 2 aromatic rings. The van der Waals surface area contributed by atoms with E-state index in [1.807, 2.05) is 44.2 Å². The summed E-state index contributed by atoms with van der Waals surface area (Å²) in [5.74, 6) is 0.00748. The summed E-state index contributed by atoms with van der Waals surface area (Å²) < 4.78 is 31.1. The summed E-state index contributed by atoms with van der Waals surface area (Å²) in [6.07, 6.45) is 2.03. The van der Waals surface area contributed by atoms with Crippen LogP contribution in [0.4, 0.5) is 5.69 Å². The number of hydrogen-bond acceptors (Lipinski definition) is 4. The Morgan fingerprint density at radius 3 is 2.36 bits per heavy atom. The van der Waals surface area contributed by atoms with Crippen LogP contribution >= 0.6 is 0 Å². The zero-order valence-corrected chi connectivity index (χ0v) is 17.8. The van der Waals surface area contributed by atoms with E-state index in [-0.39, 0.29) is 18.5 Å².